The van der Waals surface area contributed by atoms with E-state index in [9.17, 15) is 9.18 Å². The Morgan fingerprint density at radius 1 is 1.63 bits per heavy atom. The van der Waals surface area contributed by atoms with Crippen LogP contribution >= 0.6 is 11.6 Å². The normalized spacial score (nSPS) is 22.7. The summed E-state index contributed by atoms with van der Waals surface area (Å²) in [6, 6.07) is 2.74. The van der Waals surface area contributed by atoms with Crippen LogP contribution in [0.1, 0.15) is 23.6 Å². The van der Waals surface area contributed by atoms with Crippen LogP contribution in [0.3, 0.4) is 0 Å². The lowest BCUT2D eigenvalue weighted by molar-refractivity contribution is -0.141. The number of halogens is 2. The first-order chi connectivity index (χ1) is 9.02. The Kier molecular flexibility index (Phi) is 4.39. The molecule has 0 aliphatic carbocycles. The summed E-state index contributed by atoms with van der Waals surface area (Å²) < 4.78 is 19.2. The highest BCUT2D eigenvalue weighted by atomic mass is 35.5. The zero-order chi connectivity index (χ0) is 14.0. The summed E-state index contributed by atoms with van der Waals surface area (Å²) >= 11 is 5.97. The van der Waals surface area contributed by atoms with Gasteiger partial charge in [-0.15, -0.1) is 0 Å². The van der Waals surface area contributed by atoms with Crippen molar-refractivity contribution in [2.75, 3.05) is 13.7 Å². The van der Waals surface area contributed by atoms with Gasteiger partial charge in [-0.3, -0.25) is 4.79 Å². The van der Waals surface area contributed by atoms with Crippen LogP contribution in [0.25, 0.3) is 0 Å². The molecule has 0 saturated carbocycles. The Balaban J connectivity index is 2.27. The monoisotopic (exact) mass is 287 g/mol. The van der Waals surface area contributed by atoms with Gasteiger partial charge in [-0.2, -0.15) is 0 Å². The minimum Gasteiger partial charge on any atom is -0.481 e. The van der Waals surface area contributed by atoms with Crippen molar-refractivity contribution in [1.82, 2.24) is 5.32 Å². The fourth-order valence-corrected chi connectivity index (χ4v) is 2.59. The van der Waals surface area contributed by atoms with Crippen LogP contribution in [0.15, 0.2) is 12.1 Å². The molecule has 1 aliphatic heterocycles. The number of rotatable bonds is 4. The molecule has 2 rings (SSSR count). The highest BCUT2D eigenvalue weighted by molar-refractivity contribution is 6.30. The van der Waals surface area contributed by atoms with E-state index in [1.807, 2.05) is 0 Å². The lowest BCUT2D eigenvalue weighted by Crippen LogP contribution is -2.18. The summed E-state index contributed by atoms with van der Waals surface area (Å²) in [7, 11) is 1.48. The molecule has 1 heterocycles. The van der Waals surface area contributed by atoms with E-state index in [1.54, 1.807) is 0 Å². The molecular weight excluding hydrogens is 273 g/mol. The maximum absolute atomic E-state index is 14.3. The maximum atomic E-state index is 14.3. The zero-order valence-corrected chi connectivity index (χ0v) is 11.2. The molecule has 0 radical (unpaired) electrons. The van der Waals surface area contributed by atoms with E-state index in [0.29, 0.717) is 29.1 Å². The maximum Gasteiger partial charge on any atom is 0.307 e. The van der Waals surface area contributed by atoms with Crippen molar-refractivity contribution < 1.29 is 19.0 Å². The van der Waals surface area contributed by atoms with Gasteiger partial charge in [-0.1, -0.05) is 11.6 Å². The number of hydrogen-bond acceptors (Lipinski definition) is 3. The van der Waals surface area contributed by atoms with E-state index in [0.717, 1.165) is 0 Å². The Hall–Kier alpha value is -1.17. The topological polar surface area (TPSA) is 58.6 Å². The zero-order valence-electron chi connectivity index (χ0n) is 10.5. The van der Waals surface area contributed by atoms with E-state index in [-0.39, 0.29) is 18.5 Å². The van der Waals surface area contributed by atoms with Gasteiger partial charge in [-0.05, 0) is 18.6 Å². The third-order valence-corrected chi connectivity index (χ3v) is 3.51. The molecule has 2 unspecified atom stereocenters. The Labute approximate surface area is 115 Å². The lowest BCUT2D eigenvalue weighted by Gasteiger charge is -2.15. The van der Waals surface area contributed by atoms with Crippen LogP contribution in [0.5, 0.6) is 0 Å². The van der Waals surface area contributed by atoms with Gasteiger partial charge in [0.15, 0.2) is 0 Å². The van der Waals surface area contributed by atoms with Crippen molar-refractivity contribution in [3.05, 3.63) is 34.1 Å². The molecule has 104 valence electrons. The fourth-order valence-electron chi connectivity index (χ4n) is 2.34. The van der Waals surface area contributed by atoms with Gasteiger partial charge in [-0.25, -0.2) is 4.39 Å². The first-order valence-corrected chi connectivity index (χ1v) is 6.33. The predicted molar refractivity (Wildman–Crippen MR) is 68.6 cm³/mol. The summed E-state index contributed by atoms with van der Waals surface area (Å²) in [5, 5.41) is 12.4. The summed E-state index contributed by atoms with van der Waals surface area (Å²) in [4.78, 5) is 10.9. The minimum atomic E-state index is -0.866. The fraction of sp³-hybridized carbons (Fsp3) is 0.462. The van der Waals surface area contributed by atoms with Crippen LogP contribution in [-0.2, 0) is 16.1 Å². The van der Waals surface area contributed by atoms with E-state index < -0.39 is 11.9 Å². The number of methoxy groups -OCH3 is 1. The number of aliphatic carboxylic acids is 1. The van der Waals surface area contributed by atoms with E-state index >= 15 is 0 Å². The van der Waals surface area contributed by atoms with E-state index in [4.69, 9.17) is 21.4 Å². The lowest BCUT2D eigenvalue weighted by atomic mass is 9.98. The highest BCUT2D eigenvalue weighted by Crippen LogP contribution is 2.32. The minimum absolute atomic E-state index is 0.133. The Morgan fingerprint density at radius 2 is 2.37 bits per heavy atom. The SMILES string of the molecule is COCc1cc(Cl)cc(C2CC(C(=O)O)CN2)c1F. The molecular formula is C13H15ClFNO3. The molecule has 0 aromatic heterocycles. The van der Waals surface area contributed by atoms with Crippen molar-refractivity contribution in [3.8, 4) is 0 Å². The van der Waals surface area contributed by atoms with Gasteiger partial charge in [0, 0.05) is 35.8 Å². The Bertz CT molecular complexity index is 495. The molecule has 1 fully saturated rings. The van der Waals surface area contributed by atoms with Gasteiger partial charge in [0.2, 0.25) is 0 Å². The predicted octanol–water partition coefficient (Wildman–Crippen LogP) is 2.36. The van der Waals surface area contributed by atoms with Crippen molar-refractivity contribution >= 4 is 17.6 Å². The molecule has 1 aliphatic rings. The van der Waals surface area contributed by atoms with Crippen LogP contribution in [-0.4, -0.2) is 24.7 Å². The summed E-state index contributed by atoms with van der Waals surface area (Å²) in [5.74, 6) is -1.74. The molecule has 0 amide bonds. The molecule has 19 heavy (non-hydrogen) atoms. The van der Waals surface area contributed by atoms with Gasteiger partial charge in [0.05, 0.1) is 12.5 Å². The number of carboxylic acid groups (broad SMARTS) is 1. The van der Waals surface area contributed by atoms with Crippen molar-refractivity contribution in [2.24, 2.45) is 5.92 Å². The van der Waals surface area contributed by atoms with Gasteiger partial charge in [0.25, 0.3) is 0 Å². The molecule has 2 atom stereocenters. The van der Waals surface area contributed by atoms with Crippen molar-refractivity contribution in [1.29, 1.82) is 0 Å². The van der Waals surface area contributed by atoms with Crippen LogP contribution in [0, 0.1) is 11.7 Å². The van der Waals surface area contributed by atoms with E-state index in [1.165, 1.54) is 19.2 Å². The first kappa shape index (κ1) is 14.2. The van der Waals surface area contributed by atoms with Gasteiger partial charge >= 0.3 is 5.97 Å². The highest BCUT2D eigenvalue weighted by Gasteiger charge is 2.32. The molecule has 6 heteroatoms. The van der Waals surface area contributed by atoms with Crippen molar-refractivity contribution in [2.45, 2.75) is 19.1 Å². The second kappa shape index (κ2) is 5.86. The van der Waals surface area contributed by atoms with Gasteiger partial charge in [0.1, 0.15) is 5.82 Å². The van der Waals surface area contributed by atoms with Crippen LogP contribution < -0.4 is 5.32 Å². The first-order valence-electron chi connectivity index (χ1n) is 5.96. The number of carbonyl (C=O) groups is 1. The number of hydrogen-bond donors (Lipinski definition) is 2. The largest absolute Gasteiger partial charge is 0.481 e. The average molecular weight is 288 g/mol. The number of benzene rings is 1. The second-order valence-corrected chi connectivity index (χ2v) is 5.07. The molecule has 0 spiro atoms. The van der Waals surface area contributed by atoms with E-state index in [2.05, 4.69) is 5.32 Å². The molecule has 2 N–H and O–H groups in total. The molecule has 1 aromatic rings. The number of nitrogens with one attached hydrogen (secondary N) is 1. The molecule has 0 bridgehead atoms. The second-order valence-electron chi connectivity index (χ2n) is 4.63. The van der Waals surface area contributed by atoms with Crippen LogP contribution in [0.4, 0.5) is 4.39 Å². The molecule has 4 nitrogen and oxygen atoms in total. The number of carboxylic acids is 1. The van der Waals surface area contributed by atoms with Gasteiger partial charge < -0.3 is 15.2 Å². The summed E-state index contributed by atoms with van der Waals surface area (Å²) in [6.45, 7) is 0.472. The number of ether oxygens (including phenoxy) is 1. The third-order valence-electron chi connectivity index (χ3n) is 3.30. The standard InChI is InChI=1S/C13H15ClFNO3/c1-19-6-8-2-9(14)4-10(12(8)15)11-3-7(5-16-11)13(17)18/h2,4,7,11,16H,3,5-6H2,1H3,(H,17,18). The van der Waals surface area contributed by atoms with Crippen molar-refractivity contribution in [3.63, 3.8) is 0 Å². The average Bonchev–Trinajstić information content (AvgIpc) is 2.83. The summed E-state index contributed by atoms with van der Waals surface area (Å²) in [5.41, 5.74) is 0.786. The third kappa shape index (κ3) is 3.05. The van der Waals surface area contributed by atoms with Crippen LogP contribution in [0.2, 0.25) is 5.02 Å². The molecule has 1 saturated heterocycles. The molecule has 1 aromatic carbocycles. The smallest absolute Gasteiger partial charge is 0.307 e. The summed E-state index contributed by atoms with van der Waals surface area (Å²) in [6.07, 6.45) is 0.360. The Morgan fingerprint density at radius 3 is 2.95 bits per heavy atom. The quantitative estimate of drug-likeness (QED) is 0.892.